The first-order valence-electron chi connectivity index (χ1n) is 8.41. The number of nitrogens with one attached hydrogen (secondary N) is 1. The van der Waals surface area contributed by atoms with Crippen LogP contribution in [0.5, 0.6) is 0 Å². The standard InChI is InChI=1S/C17H34N2O/c1-14-10-19(11-15(2)20-14)13-17(8-6-7-9-17)12-18-16(3,4)5/h14-15,18H,6-13H2,1-5H3/t14-,15+. The minimum Gasteiger partial charge on any atom is -0.373 e. The Morgan fingerprint density at radius 2 is 1.65 bits per heavy atom. The van der Waals surface area contributed by atoms with Crippen molar-refractivity contribution >= 4 is 0 Å². The van der Waals surface area contributed by atoms with Crippen LogP contribution in [-0.4, -0.2) is 48.8 Å². The van der Waals surface area contributed by atoms with Crippen molar-refractivity contribution < 1.29 is 4.74 Å². The van der Waals surface area contributed by atoms with E-state index in [0.717, 1.165) is 19.6 Å². The van der Waals surface area contributed by atoms with Gasteiger partial charge in [-0.2, -0.15) is 0 Å². The van der Waals surface area contributed by atoms with Crippen LogP contribution in [0.2, 0.25) is 0 Å². The molecule has 0 unspecified atom stereocenters. The van der Waals surface area contributed by atoms with Gasteiger partial charge in [-0.05, 0) is 52.9 Å². The predicted molar refractivity (Wildman–Crippen MR) is 85.1 cm³/mol. The van der Waals surface area contributed by atoms with E-state index in [0.29, 0.717) is 17.6 Å². The van der Waals surface area contributed by atoms with Gasteiger partial charge in [0.2, 0.25) is 0 Å². The van der Waals surface area contributed by atoms with E-state index in [1.54, 1.807) is 0 Å². The van der Waals surface area contributed by atoms with Crippen LogP contribution in [0.25, 0.3) is 0 Å². The summed E-state index contributed by atoms with van der Waals surface area (Å²) in [6.07, 6.45) is 6.34. The van der Waals surface area contributed by atoms with Crippen molar-refractivity contribution in [1.29, 1.82) is 0 Å². The maximum atomic E-state index is 5.87. The highest BCUT2D eigenvalue weighted by atomic mass is 16.5. The molecule has 2 atom stereocenters. The molecule has 3 heteroatoms. The van der Waals surface area contributed by atoms with Gasteiger partial charge in [-0.15, -0.1) is 0 Å². The second kappa shape index (κ2) is 6.33. The normalized spacial score (nSPS) is 31.6. The van der Waals surface area contributed by atoms with Crippen LogP contribution in [0.4, 0.5) is 0 Å². The third kappa shape index (κ3) is 4.71. The largest absolute Gasteiger partial charge is 0.373 e. The zero-order valence-corrected chi connectivity index (χ0v) is 14.2. The summed E-state index contributed by atoms with van der Waals surface area (Å²) in [5.74, 6) is 0. The smallest absolute Gasteiger partial charge is 0.0678 e. The molecule has 2 aliphatic rings. The minimum absolute atomic E-state index is 0.223. The third-order valence-corrected chi connectivity index (χ3v) is 4.71. The van der Waals surface area contributed by atoms with Crippen LogP contribution in [0, 0.1) is 5.41 Å². The molecule has 2 fully saturated rings. The van der Waals surface area contributed by atoms with Crippen molar-refractivity contribution in [3.63, 3.8) is 0 Å². The molecule has 1 saturated carbocycles. The van der Waals surface area contributed by atoms with E-state index in [-0.39, 0.29) is 5.54 Å². The molecule has 1 heterocycles. The quantitative estimate of drug-likeness (QED) is 0.858. The van der Waals surface area contributed by atoms with Crippen LogP contribution >= 0.6 is 0 Å². The van der Waals surface area contributed by atoms with Gasteiger partial charge in [0.15, 0.2) is 0 Å². The molecule has 0 amide bonds. The van der Waals surface area contributed by atoms with Gasteiger partial charge in [0.25, 0.3) is 0 Å². The van der Waals surface area contributed by atoms with E-state index in [1.807, 2.05) is 0 Å². The third-order valence-electron chi connectivity index (χ3n) is 4.71. The molecule has 1 aliphatic carbocycles. The second-order valence-corrected chi connectivity index (χ2v) is 8.26. The first kappa shape index (κ1) is 16.3. The summed E-state index contributed by atoms with van der Waals surface area (Å²) in [4.78, 5) is 2.65. The molecular weight excluding hydrogens is 248 g/mol. The van der Waals surface area contributed by atoms with E-state index in [4.69, 9.17) is 4.74 Å². The van der Waals surface area contributed by atoms with Crippen LogP contribution in [0.3, 0.4) is 0 Å². The number of hydrogen-bond donors (Lipinski definition) is 1. The molecule has 1 aliphatic heterocycles. The highest BCUT2D eigenvalue weighted by Crippen LogP contribution is 2.39. The Bertz CT molecular complexity index is 295. The lowest BCUT2D eigenvalue weighted by Gasteiger charge is -2.42. The predicted octanol–water partition coefficient (Wildman–Crippen LogP) is 3.04. The van der Waals surface area contributed by atoms with Gasteiger partial charge in [-0.1, -0.05) is 12.8 Å². The van der Waals surface area contributed by atoms with Crippen molar-refractivity contribution in [2.24, 2.45) is 5.41 Å². The monoisotopic (exact) mass is 282 g/mol. The van der Waals surface area contributed by atoms with Gasteiger partial charge in [0.05, 0.1) is 12.2 Å². The molecule has 0 radical (unpaired) electrons. The lowest BCUT2D eigenvalue weighted by atomic mass is 9.84. The Hall–Kier alpha value is -0.120. The first-order chi connectivity index (χ1) is 9.28. The van der Waals surface area contributed by atoms with Crippen molar-refractivity contribution in [3.05, 3.63) is 0 Å². The zero-order valence-electron chi connectivity index (χ0n) is 14.2. The fourth-order valence-corrected chi connectivity index (χ4v) is 3.86. The van der Waals surface area contributed by atoms with Crippen LogP contribution in [-0.2, 0) is 4.74 Å². The fourth-order valence-electron chi connectivity index (χ4n) is 3.86. The highest BCUT2D eigenvalue weighted by Gasteiger charge is 2.37. The summed E-state index contributed by atoms with van der Waals surface area (Å²) in [6.45, 7) is 15.8. The van der Waals surface area contributed by atoms with Gasteiger partial charge in [0, 0.05) is 31.7 Å². The van der Waals surface area contributed by atoms with Gasteiger partial charge in [0.1, 0.15) is 0 Å². The molecule has 0 aromatic carbocycles. The maximum Gasteiger partial charge on any atom is 0.0678 e. The molecule has 118 valence electrons. The maximum absolute atomic E-state index is 5.87. The van der Waals surface area contributed by atoms with Crippen molar-refractivity contribution in [3.8, 4) is 0 Å². The molecule has 1 N–H and O–H groups in total. The molecule has 0 aromatic rings. The number of hydrogen-bond acceptors (Lipinski definition) is 3. The average molecular weight is 282 g/mol. The Morgan fingerprint density at radius 1 is 1.10 bits per heavy atom. The first-order valence-corrected chi connectivity index (χ1v) is 8.41. The van der Waals surface area contributed by atoms with E-state index in [1.165, 1.54) is 32.2 Å². The Kier molecular flexibility index (Phi) is 5.14. The molecule has 20 heavy (non-hydrogen) atoms. The number of ether oxygens (including phenoxy) is 1. The lowest BCUT2D eigenvalue weighted by molar-refractivity contribution is -0.0776. The van der Waals surface area contributed by atoms with Gasteiger partial charge < -0.3 is 10.1 Å². The Balaban J connectivity index is 1.94. The van der Waals surface area contributed by atoms with Crippen molar-refractivity contribution in [1.82, 2.24) is 10.2 Å². The molecular formula is C17H34N2O. The van der Waals surface area contributed by atoms with Crippen molar-refractivity contribution in [2.45, 2.75) is 78.0 Å². The molecule has 0 bridgehead atoms. The summed E-state index contributed by atoms with van der Waals surface area (Å²) in [5.41, 5.74) is 0.714. The number of nitrogens with zero attached hydrogens (tertiary/aromatic N) is 1. The minimum atomic E-state index is 0.223. The van der Waals surface area contributed by atoms with E-state index in [9.17, 15) is 0 Å². The zero-order chi connectivity index (χ0) is 14.8. The Morgan fingerprint density at radius 3 is 2.15 bits per heavy atom. The van der Waals surface area contributed by atoms with E-state index in [2.05, 4.69) is 44.8 Å². The van der Waals surface area contributed by atoms with Gasteiger partial charge in [-0.25, -0.2) is 0 Å². The van der Waals surface area contributed by atoms with E-state index >= 15 is 0 Å². The highest BCUT2D eigenvalue weighted by molar-refractivity contribution is 4.92. The Labute approximate surface area is 125 Å². The molecule has 0 spiro atoms. The van der Waals surface area contributed by atoms with Crippen LogP contribution in [0.15, 0.2) is 0 Å². The van der Waals surface area contributed by atoms with Crippen LogP contribution < -0.4 is 5.32 Å². The summed E-state index contributed by atoms with van der Waals surface area (Å²) < 4.78 is 5.87. The number of morpholine rings is 1. The molecule has 3 nitrogen and oxygen atoms in total. The summed E-state index contributed by atoms with van der Waals surface area (Å²) in [5, 5.41) is 3.76. The summed E-state index contributed by atoms with van der Waals surface area (Å²) in [7, 11) is 0. The van der Waals surface area contributed by atoms with E-state index < -0.39 is 0 Å². The number of rotatable bonds is 4. The SMILES string of the molecule is C[C@@H]1CN(CC2(CNC(C)(C)C)CCCC2)C[C@H](C)O1. The van der Waals surface area contributed by atoms with Gasteiger partial charge in [-0.3, -0.25) is 4.90 Å². The summed E-state index contributed by atoms with van der Waals surface area (Å²) >= 11 is 0. The average Bonchev–Trinajstić information content (AvgIpc) is 2.73. The molecule has 0 aromatic heterocycles. The molecule has 1 saturated heterocycles. The van der Waals surface area contributed by atoms with Crippen molar-refractivity contribution in [2.75, 3.05) is 26.2 Å². The topological polar surface area (TPSA) is 24.5 Å². The van der Waals surface area contributed by atoms with Gasteiger partial charge >= 0.3 is 0 Å². The lowest BCUT2D eigenvalue weighted by Crippen LogP contribution is -2.52. The second-order valence-electron chi connectivity index (χ2n) is 8.26. The summed E-state index contributed by atoms with van der Waals surface area (Å²) in [6, 6.07) is 0. The van der Waals surface area contributed by atoms with Crippen LogP contribution in [0.1, 0.15) is 60.3 Å². The fraction of sp³-hybridized carbons (Fsp3) is 1.00. The molecule has 2 rings (SSSR count).